The number of nitrogens with zero attached hydrogens (tertiary/aromatic N) is 1. The van der Waals surface area contributed by atoms with Crippen molar-refractivity contribution in [1.29, 1.82) is 0 Å². The molecule has 0 fully saturated rings. The fourth-order valence-corrected chi connectivity index (χ4v) is 3.84. The molecule has 0 saturated carbocycles. The Hall–Kier alpha value is -3.35. The zero-order valence-electron chi connectivity index (χ0n) is 22.6. The van der Waals surface area contributed by atoms with E-state index in [9.17, 15) is 14.4 Å². The van der Waals surface area contributed by atoms with Gasteiger partial charge in [-0.1, -0.05) is 75.7 Å². The topological polar surface area (TPSA) is 87.7 Å². The smallest absolute Gasteiger partial charge is 0.408 e. The number of carbonyl (C=O) groups is 3. The summed E-state index contributed by atoms with van der Waals surface area (Å²) in [6, 6.07) is 15.1. The third-order valence-electron chi connectivity index (χ3n) is 5.72. The van der Waals surface area contributed by atoms with Crippen LogP contribution in [0.1, 0.15) is 71.6 Å². The van der Waals surface area contributed by atoms with Crippen LogP contribution in [0.25, 0.3) is 0 Å². The Morgan fingerprint density at radius 1 is 0.972 bits per heavy atom. The molecule has 196 valence electrons. The number of nitrogens with one attached hydrogen (secondary N) is 2. The number of hydrogen-bond donors (Lipinski definition) is 2. The molecule has 2 aromatic rings. The molecule has 3 amide bonds. The van der Waals surface area contributed by atoms with Crippen LogP contribution in [0.2, 0.25) is 0 Å². The normalized spacial score (nSPS) is 13.0. The van der Waals surface area contributed by atoms with Gasteiger partial charge in [-0.25, -0.2) is 4.79 Å². The van der Waals surface area contributed by atoms with Gasteiger partial charge in [0.15, 0.2) is 0 Å². The van der Waals surface area contributed by atoms with Gasteiger partial charge in [-0.2, -0.15) is 0 Å². The highest BCUT2D eigenvalue weighted by Crippen LogP contribution is 2.26. The van der Waals surface area contributed by atoms with Gasteiger partial charge < -0.3 is 20.3 Å². The summed E-state index contributed by atoms with van der Waals surface area (Å²) in [6.07, 6.45) is 0.895. The van der Waals surface area contributed by atoms with Crippen molar-refractivity contribution in [3.05, 3.63) is 65.7 Å². The summed E-state index contributed by atoms with van der Waals surface area (Å²) >= 11 is 0. The van der Waals surface area contributed by atoms with E-state index in [4.69, 9.17) is 4.74 Å². The number of rotatable bonds is 10. The number of amides is 3. The Labute approximate surface area is 215 Å². The minimum atomic E-state index is -0.869. The van der Waals surface area contributed by atoms with Gasteiger partial charge in [-0.3, -0.25) is 9.59 Å². The van der Waals surface area contributed by atoms with Crippen LogP contribution in [0.5, 0.6) is 0 Å². The van der Waals surface area contributed by atoms with E-state index in [1.165, 1.54) is 0 Å². The first-order chi connectivity index (χ1) is 16.9. The first kappa shape index (κ1) is 28.9. The Morgan fingerprint density at radius 2 is 1.58 bits per heavy atom. The Morgan fingerprint density at radius 3 is 2.14 bits per heavy atom. The second-order valence-electron chi connectivity index (χ2n) is 10.4. The van der Waals surface area contributed by atoms with Crippen LogP contribution < -0.4 is 10.6 Å². The molecule has 2 aromatic carbocycles. The minimum absolute atomic E-state index is 0.218. The molecule has 0 saturated heterocycles. The minimum Gasteiger partial charge on any atom is -0.444 e. The molecule has 0 aliphatic heterocycles. The SMILES string of the molecule is CCCCN(C(=O)C(NC(=O)OC(C)(C)C)C(C)C)C(C(=O)Nc1ccccc1C)c1ccccc1. The zero-order valence-corrected chi connectivity index (χ0v) is 22.6. The predicted octanol–water partition coefficient (Wildman–Crippen LogP) is 5.85. The molecule has 7 nitrogen and oxygen atoms in total. The van der Waals surface area contributed by atoms with Gasteiger partial charge in [0.1, 0.15) is 17.7 Å². The van der Waals surface area contributed by atoms with E-state index in [1.54, 1.807) is 25.7 Å². The maximum atomic E-state index is 14.0. The van der Waals surface area contributed by atoms with Crippen molar-refractivity contribution < 1.29 is 19.1 Å². The highest BCUT2D eigenvalue weighted by molar-refractivity contribution is 5.99. The molecule has 2 N–H and O–H groups in total. The van der Waals surface area contributed by atoms with E-state index >= 15 is 0 Å². The summed E-state index contributed by atoms with van der Waals surface area (Å²) < 4.78 is 5.41. The lowest BCUT2D eigenvalue weighted by Gasteiger charge is -2.35. The fraction of sp³-hybridized carbons (Fsp3) is 0.483. The summed E-state index contributed by atoms with van der Waals surface area (Å²) in [5.41, 5.74) is 1.62. The largest absolute Gasteiger partial charge is 0.444 e. The molecular weight excluding hydrogens is 454 g/mol. The summed E-state index contributed by atoms with van der Waals surface area (Å²) in [7, 11) is 0. The van der Waals surface area contributed by atoms with E-state index in [1.807, 2.05) is 82.3 Å². The molecule has 0 aliphatic carbocycles. The second-order valence-corrected chi connectivity index (χ2v) is 10.4. The second kappa shape index (κ2) is 13.1. The Kier molecular flexibility index (Phi) is 10.5. The van der Waals surface area contributed by atoms with Crippen molar-refractivity contribution in [2.24, 2.45) is 5.92 Å². The summed E-state index contributed by atoms with van der Waals surface area (Å²) in [6.45, 7) is 13.4. The fourth-order valence-electron chi connectivity index (χ4n) is 3.84. The number of ether oxygens (including phenoxy) is 1. The average Bonchev–Trinajstić information content (AvgIpc) is 2.80. The Balaban J connectivity index is 2.47. The molecule has 2 rings (SSSR count). The molecule has 0 radical (unpaired) electrons. The monoisotopic (exact) mass is 495 g/mol. The molecule has 0 bridgehead atoms. The van der Waals surface area contributed by atoms with Gasteiger partial charge in [-0.05, 0) is 57.2 Å². The number of hydrogen-bond acceptors (Lipinski definition) is 4. The number of alkyl carbamates (subject to hydrolysis) is 1. The van der Waals surface area contributed by atoms with Gasteiger partial charge >= 0.3 is 6.09 Å². The quantitative estimate of drug-likeness (QED) is 0.433. The molecule has 0 aliphatic rings. The molecular formula is C29H41N3O4. The predicted molar refractivity (Wildman–Crippen MR) is 144 cm³/mol. The lowest BCUT2D eigenvalue weighted by molar-refractivity contribution is -0.141. The van der Waals surface area contributed by atoms with Gasteiger partial charge in [0, 0.05) is 12.2 Å². The van der Waals surface area contributed by atoms with Gasteiger partial charge in [0.05, 0.1) is 0 Å². The maximum Gasteiger partial charge on any atom is 0.408 e. The molecule has 0 spiro atoms. The van der Waals surface area contributed by atoms with Crippen LogP contribution in [0, 0.1) is 12.8 Å². The zero-order chi connectivity index (χ0) is 26.9. The van der Waals surface area contributed by atoms with Crippen LogP contribution in [0.15, 0.2) is 54.6 Å². The molecule has 0 aromatic heterocycles. The van der Waals surface area contributed by atoms with Crippen molar-refractivity contribution in [2.45, 2.75) is 79.0 Å². The van der Waals surface area contributed by atoms with Gasteiger partial charge in [0.25, 0.3) is 5.91 Å². The van der Waals surface area contributed by atoms with Crippen molar-refractivity contribution >= 4 is 23.6 Å². The third kappa shape index (κ3) is 8.40. The van der Waals surface area contributed by atoms with Crippen LogP contribution in [-0.2, 0) is 14.3 Å². The molecule has 2 atom stereocenters. The number of benzene rings is 2. The highest BCUT2D eigenvalue weighted by Gasteiger charge is 2.37. The van der Waals surface area contributed by atoms with Crippen molar-refractivity contribution in [3.63, 3.8) is 0 Å². The van der Waals surface area contributed by atoms with Crippen LogP contribution >= 0.6 is 0 Å². The van der Waals surface area contributed by atoms with Crippen LogP contribution in [-0.4, -0.2) is 41.0 Å². The molecule has 0 heterocycles. The van der Waals surface area contributed by atoms with E-state index in [0.29, 0.717) is 24.2 Å². The number of para-hydroxylation sites is 1. The van der Waals surface area contributed by atoms with E-state index in [2.05, 4.69) is 10.6 Å². The first-order valence-corrected chi connectivity index (χ1v) is 12.7. The molecule has 2 unspecified atom stereocenters. The van der Waals surface area contributed by atoms with Crippen molar-refractivity contribution in [1.82, 2.24) is 10.2 Å². The number of aryl methyl sites for hydroxylation is 1. The molecule has 7 heteroatoms. The summed E-state index contributed by atoms with van der Waals surface area (Å²) in [4.78, 5) is 41.9. The third-order valence-corrected chi connectivity index (χ3v) is 5.72. The average molecular weight is 496 g/mol. The molecule has 36 heavy (non-hydrogen) atoms. The lowest BCUT2D eigenvalue weighted by Crippen LogP contribution is -2.54. The van der Waals surface area contributed by atoms with Crippen LogP contribution in [0.4, 0.5) is 10.5 Å². The van der Waals surface area contributed by atoms with Crippen molar-refractivity contribution in [3.8, 4) is 0 Å². The van der Waals surface area contributed by atoms with Gasteiger partial charge in [0.2, 0.25) is 5.91 Å². The standard InChI is InChI=1S/C29H41N3O4/c1-8-9-19-32(27(34)24(20(2)3)31-28(35)36-29(5,6)7)25(22-16-11-10-12-17-22)26(33)30-23-18-14-13-15-21(23)4/h10-18,20,24-25H,8-9,19H2,1-7H3,(H,30,33)(H,31,35). The maximum absolute atomic E-state index is 14.0. The first-order valence-electron chi connectivity index (χ1n) is 12.7. The number of unbranched alkanes of at least 4 members (excludes halogenated alkanes) is 1. The number of carbonyl (C=O) groups excluding carboxylic acids is 3. The van der Waals surface area contributed by atoms with E-state index < -0.39 is 23.8 Å². The van der Waals surface area contributed by atoms with E-state index in [0.717, 1.165) is 12.0 Å². The lowest BCUT2D eigenvalue weighted by atomic mass is 9.98. The summed E-state index contributed by atoms with van der Waals surface area (Å²) in [5.74, 6) is -0.845. The highest BCUT2D eigenvalue weighted by atomic mass is 16.6. The summed E-state index contributed by atoms with van der Waals surface area (Å²) in [5, 5.41) is 5.77. The van der Waals surface area contributed by atoms with Crippen molar-refractivity contribution in [2.75, 3.05) is 11.9 Å². The number of anilines is 1. The Bertz CT molecular complexity index is 1010. The van der Waals surface area contributed by atoms with E-state index in [-0.39, 0.29) is 17.7 Å². The van der Waals surface area contributed by atoms with Gasteiger partial charge in [-0.15, -0.1) is 0 Å². The van der Waals surface area contributed by atoms with Crippen LogP contribution in [0.3, 0.4) is 0 Å².